The third-order valence-corrected chi connectivity index (χ3v) is 5.40. The molecule has 29 heavy (non-hydrogen) atoms. The SMILES string of the molecule is CCN(CC)c1ccc(Nc2cncc(C(=O)NCCC3=CCCCC3)c2)cc1. The molecule has 0 aliphatic heterocycles. The summed E-state index contributed by atoms with van der Waals surface area (Å²) in [5, 5.41) is 6.36. The number of nitrogens with zero attached hydrogens (tertiary/aromatic N) is 2. The van der Waals surface area contributed by atoms with Crippen molar-refractivity contribution in [2.75, 3.05) is 29.9 Å². The van der Waals surface area contributed by atoms with Crippen molar-refractivity contribution < 1.29 is 4.79 Å². The van der Waals surface area contributed by atoms with E-state index < -0.39 is 0 Å². The highest BCUT2D eigenvalue weighted by molar-refractivity contribution is 5.94. The van der Waals surface area contributed by atoms with E-state index in [1.165, 1.54) is 36.9 Å². The molecule has 0 saturated carbocycles. The molecule has 0 radical (unpaired) electrons. The summed E-state index contributed by atoms with van der Waals surface area (Å²) in [4.78, 5) is 19.0. The van der Waals surface area contributed by atoms with E-state index in [1.807, 2.05) is 6.07 Å². The van der Waals surface area contributed by atoms with Crippen molar-refractivity contribution in [2.24, 2.45) is 0 Å². The third-order valence-electron chi connectivity index (χ3n) is 5.40. The van der Waals surface area contributed by atoms with Crippen molar-refractivity contribution in [1.29, 1.82) is 0 Å². The Morgan fingerprint density at radius 2 is 1.86 bits per heavy atom. The van der Waals surface area contributed by atoms with Gasteiger partial charge in [-0.1, -0.05) is 11.6 Å². The van der Waals surface area contributed by atoms with Crippen LogP contribution in [0.2, 0.25) is 0 Å². The van der Waals surface area contributed by atoms with E-state index in [9.17, 15) is 4.79 Å². The van der Waals surface area contributed by atoms with E-state index in [-0.39, 0.29) is 5.91 Å². The molecule has 1 aliphatic carbocycles. The Balaban J connectivity index is 1.56. The highest BCUT2D eigenvalue weighted by Crippen LogP contribution is 2.22. The fourth-order valence-corrected chi connectivity index (χ4v) is 3.71. The number of carbonyl (C=O) groups is 1. The van der Waals surface area contributed by atoms with Crippen molar-refractivity contribution in [3.63, 3.8) is 0 Å². The summed E-state index contributed by atoms with van der Waals surface area (Å²) in [6.45, 7) is 6.96. The van der Waals surface area contributed by atoms with Crippen LogP contribution in [0, 0.1) is 0 Å². The maximum absolute atomic E-state index is 12.5. The van der Waals surface area contributed by atoms with Gasteiger partial charge >= 0.3 is 0 Å². The van der Waals surface area contributed by atoms with E-state index in [2.05, 4.69) is 64.7 Å². The van der Waals surface area contributed by atoms with Gasteiger partial charge in [-0.25, -0.2) is 0 Å². The highest BCUT2D eigenvalue weighted by atomic mass is 16.1. The molecule has 0 atom stereocenters. The Kier molecular flexibility index (Phi) is 7.68. The van der Waals surface area contributed by atoms with Gasteiger partial charge in [-0.15, -0.1) is 0 Å². The summed E-state index contributed by atoms with van der Waals surface area (Å²) in [6.07, 6.45) is 11.5. The first-order valence-electron chi connectivity index (χ1n) is 10.7. The van der Waals surface area contributed by atoms with Crippen LogP contribution in [0.25, 0.3) is 0 Å². The van der Waals surface area contributed by atoms with Crippen molar-refractivity contribution in [1.82, 2.24) is 10.3 Å². The van der Waals surface area contributed by atoms with Gasteiger partial charge in [-0.2, -0.15) is 0 Å². The second-order valence-electron chi connectivity index (χ2n) is 7.42. The lowest BCUT2D eigenvalue weighted by molar-refractivity contribution is 0.0953. The zero-order chi connectivity index (χ0) is 20.5. The molecule has 154 valence electrons. The number of anilines is 3. The number of hydrogen-bond acceptors (Lipinski definition) is 4. The summed E-state index contributed by atoms with van der Waals surface area (Å²) < 4.78 is 0. The molecule has 1 aromatic carbocycles. The van der Waals surface area contributed by atoms with E-state index in [1.54, 1.807) is 12.4 Å². The highest BCUT2D eigenvalue weighted by Gasteiger charge is 2.09. The average molecular weight is 393 g/mol. The first kappa shape index (κ1) is 20.9. The van der Waals surface area contributed by atoms with Crippen LogP contribution < -0.4 is 15.5 Å². The normalized spacial score (nSPS) is 13.5. The molecular formula is C24H32N4O. The third kappa shape index (κ3) is 6.08. The number of amides is 1. The summed E-state index contributed by atoms with van der Waals surface area (Å²) in [6, 6.07) is 10.2. The monoisotopic (exact) mass is 392 g/mol. The van der Waals surface area contributed by atoms with Gasteiger partial charge in [-0.3, -0.25) is 9.78 Å². The lowest BCUT2D eigenvalue weighted by atomic mass is 9.97. The molecule has 3 rings (SSSR count). The summed E-state index contributed by atoms with van der Waals surface area (Å²) >= 11 is 0. The maximum Gasteiger partial charge on any atom is 0.252 e. The van der Waals surface area contributed by atoms with Gasteiger partial charge in [0.15, 0.2) is 0 Å². The summed E-state index contributed by atoms with van der Waals surface area (Å²) in [5.41, 5.74) is 5.04. The van der Waals surface area contributed by atoms with Crippen molar-refractivity contribution >= 4 is 23.0 Å². The van der Waals surface area contributed by atoms with Gasteiger partial charge in [0, 0.05) is 37.2 Å². The summed E-state index contributed by atoms with van der Waals surface area (Å²) in [7, 11) is 0. The molecule has 2 N–H and O–H groups in total. The molecular weight excluding hydrogens is 360 g/mol. The van der Waals surface area contributed by atoms with E-state index in [0.29, 0.717) is 12.1 Å². The van der Waals surface area contributed by atoms with Gasteiger partial charge in [0.05, 0.1) is 17.4 Å². The number of pyridine rings is 1. The van der Waals surface area contributed by atoms with Crippen molar-refractivity contribution in [3.8, 4) is 0 Å². The van der Waals surface area contributed by atoms with E-state index >= 15 is 0 Å². The molecule has 0 spiro atoms. The zero-order valence-electron chi connectivity index (χ0n) is 17.6. The first-order chi connectivity index (χ1) is 14.2. The van der Waals surface area contributed by atoms with E-state index in [0.717, 1.165) is 30.9 Å². The van der Waals surface area contributed by atoms with Crippen LogP contribution in [0.3, 0.4) is 0 Å². The quantitative estimate of drug-likeness (QED) is 0.569. The number of aromatic nitrogens is 1. The molecule has 0 saturated heterocycles. The van der Waals surface area contributed by atoms with Crippen LogP contribution in [-0.4, -0.2) is 30.5 Å². The van der Waals surface area contributed by atoms with Crippen LogP contribution >= 0.6 is 0 Å². The Morgan fingerprint density at radius 3 is 2.55 bits per heavy atom. The molecule has 0 bridgehead atoms. The fourth-order valence-electron chi connectivity index (χ4n) is 3.71. The molecule has 5 heteroatoms. The Hall–Kier alpha value is -2.82. The molecule has 1 aromatic heterocycles. The lowest BCUT2D eigenvalue weighted by Crippen LogP contribution is -2.25. The number of nitrogens with one attached hydrogen (secondary N) is 2. The zero-order valence-corrected chi connectivity index (χ0v) is 17.6. The van der Waals surface area contributed by atoms with Gasteiger partial charge in [0.2, 0.25) is 0 Å². The van der Waals surface area contributed by atoms with E-state index in [4.69, 9.17) is 0 Å². The second-order valence-corrected chi connectivity index (χ2v) is 7.42. The molecule has 5 nitrogen and oxygen atoms in total. The van der Waals surface area contributed by atoms with Crippen LogP contribution in [0.5, 0.6) is 0 Å². The minimum atomic E-state index is -0.0746. The standard InChI is InChI=1S/C24H32N4O/c1-3-28(4-2)23-12-10-21(11-13-23)27-22-16-20(17-25-18-22)24(29)26-15-14-19-8-6-5-7-9-19/h8,10-13,16-18,27H,3-7,9,14-15H2,1-2H3,(H,26,29). The van der Waals surface area contributed by atoms with Crippen LogP contribution in [-0.2, 0) is 0 Å². The Morgan fingerprint density at radius 1 is 1.07 bits per heavy atom. The van der Waals surface area contributed by atoms with Crippen LogP contribution in [0.1, 0.15) is 56.3 Å². The van der Waals surface area contributed by atoms with Gasteiger partial charge in [-0.05, 0) is 76.3 Å². The number of rotatable bonds is 9. The first-order valence-corrected chi connectivity index (χ1v) is 10.7. The largest absolute Gasteiger partial charge is 0.372 e. The average Bonchev–Trinajstić information content (AvgIpc) is 2.76. The van der Waals surface area contributed by atoms with Crippen molar-refractivity contribution in [3.05, 3.63) is 59.9 Å². The number of allylic oxidation sites excluding steroid dienone is 1. The van der Waals surface area contributed by atoms with Crippen LogP contribution in [0.15, 0.2) is 54.4 Å². The molecule has 2 aromatic rings. The van der Waals surface area contributed by atoms with Gasteiger partial charge < -0.3 is 15.5 Å². The molecule has 1 aliphatic rings. The maximum atomic E-state index is 12.5. The number of benzene rings is 1. The predicted octanol–water partition coefficient (Wildman–Crippen LogP) is 5.29. The molecule has 1 heterocycles. The second kappa shape index (κ2) is 10.6. The molecule has 0 fully saturated rings. The fraction of sp³-hybridized carbons (Fsp3) is 0.417. The summed E-state index contributed by atoms with van der Waals surface area (Å²) in [5.74, 6) is -0.0746. The molecule has 1 amide bonds. The van der Waals surface area contributed by atoms with Gasteiger partial charge in [0.25, 0.3) is 5.91 Å². The Labute approximate surface area is 174 Å². The number of carbonyl (C=O) groups excluding carboxylic acids is 1. The number of hydrogen-bond donors (Lipinski definition) is 2. The predicted molar refractivity (Wildman–Crippen MR) is 121 cm³/mol. The lowest BCUT2D eigenvalue weighted by Gasteiger charge is -2.21. The van der Waals surface area contributed by atoms with Gasteiger partial charge in [0.1, 0.15) is 0 Å². The topological polar surface area (TPSA) is 57.3 Å². The molecule has 0 unspecified atom stereocenters. The minimum absolute atomic E-state index is 0.0746. The minimum Gasteiger partial charge on any atom is -0.372 e. The van der Waals surface area contributed by atoms with Crippen LogP contribution in [0.4, 0.5) is 17.1 Å². The van der Waals surface area contributed by atoms with Crippen molar-refractivity contribution in [2.45, 2.75) is 46.0 Å². The smallest absolute Gasteiger partial charge is 0.252 e. The Bertz CT molecular complexity index is 825.